The zero-order valence-corrected chi connectivity index (χ0v) is 17.8. The zero-order chi connectivity index (χ0) is 21.2. The summed E-state index contributed by atoms with van der Waals surface area (Å²) in [5.74, 6) is 1.03. The molecule has 0 saturated carbocycles. The van der Waals surface area contributed by atoms with Crippen LogP contribution in [0.3, 0.4) is 0 Å². The summed E-state index contributed by atoms with van der Waals surface area (Å²) < 4.78 is 12.2. The normalized spacial score (nSPS) is 10.6. The Labute approximate surface area is 184 Å². The third-order valence-electron chi connectivity index (χ3n) is 4.06. The fraction of sp³-hybridized carbons (Fsp3) is 0.0833. The first-order chi connectivity index (χ1) is 14.7. The predicted octanol–water partition coefficient (Wildman–Crippen LogP) is 5.36. The van der Waals surface area contributed by atoms with Gasteiger partial charge in [0.2, 0.25) is 0 Å². The number of halogens is 1. The highest BCUT2D eigenvalue weighted by Crippen LogP contribution is 2.22. The first-order valence-corrected chi connectivity index (χ1v) is 10.1. The van der Waals surface area contributed by atoms with Gasteiger partial charge in [-0.1, -0.05) is 58.9 Å². The second-order valence-electron chi connectivity index (χ2n) is 6.28. The van der Waals surface area contributed by atoms with Crippen molar-refractivity contribution in [3.05, 3.63) is 107 Å². The summed E-state index contributed by atoms with van der Waals surface area (Å²) in [6.45, 7) is 4.50. The molecule has 1 N–H and O–H groups in total. The van der Waals surface area contributed by atoms with Crippen molar-refractivity contribution in [2.45, 2.75) is 6.61 Å². The Balaban J connectivity index is 1.57. The molecule has 0 spiro atoms. The minimum atomic E-state index is -0.315. The fourth-order valence-corrected chi connectivity index (χ4v) is 2.95. The lowest BCUT2D eigenvalue weighted by Crippen LogP contribution is -2.17. The molecule has 0 aromatic heterocycles. The lowest BCUT2D eigenvalue weighted by atomic mass is 10.2. The Morgan fingerprint density at radius 2 is 1.80 bits per heavy atom. The van der Waals surface area contributed by atoms with E-state index >= 15 is 0 Å². The van der Waals surface area contributed by atoms with Crippen LogP contribution in [0.25, 0.3) is 0 Å². The highest BCUT2D eigenvalue weighted by Gasteiger charge is 2.06. The van der Waals surface area contributed by atoms with Crippen LogP contribution in [0.2, 0.25) is 0 Å². The van der Waals surface area contributed by atoms with E-state index in [0.717, 1.165) is 15.6 Å². The van der Waals surface area contributed by atoms with E-state index in [-0.39, 0.29) is 5.91 Å². The minimum absolute atomic E-state index is 0.315. The molecule has 3 rings (SSSR count). The topological polar surface area (TPSA) is 59.9 Å². The second kappa shape index (κ2) is 11.0. The van der Waals surface area contributed by atoms with Gasteiger partial charge in [-0.25, -0.2) is 5.43 Å². The van der Waals surface area contributed by atoms with Crippen molar-refractivity contribution in [2.24, 2.45) is 5.10 Å². The summed E-state index contributed by atoms with van der Waals surface area (Å²) in [6.07, 6.45) is 3.20. The molecule has 0 aliphatic carbocycles. The van der Waals surface area contributed by atoms with Gasteiger partial charge in [0.15, 0.2) is 0 Å². The molecule has 0 atom stereocenters. The number of hydrogen-bond acceptors (Lipinski definition) is 4. The van der Waals surface area contributed by atoms with E-state index < -0.39 is 0 Å². The Hall–Kier alpha value is -3.38. The van der Waals surface area contributed by atoms with Crippen molar-refractivity contribution in [2.75, 3.05) is 6.61 Å². The first kappa shape index (κ1) is 21.3. The molecule has 0 saturated heterocycles. The molecule has 0 bridgehead atoms. The Morgan fingerprint density at radius 3 is 2.53 bits per heavy atom. The minimum Gasteiger partial charge on any atom is -0.489 e. The summed E-state index contributed by atoms with van der Waals surface area (Å²) in [5.41, 5.74) is 4.82. The van der Waals surface area contributed by atoms with Crippen molar-refractivity contribution in [1.29, 1.82) is 0 Å². The number of ether oxygens (including phenoxy) is 2. The number of carbonyl (C=O) groups excluding carboxylic acids is 1. The number of benzene rings is 3. The molecule has 0 aliphatic heterocycles. The molecule has 6 heteroatoms. The number of hydrazone groups is 1. The van der Waals surface area contributed by atoms with Gasteiger partial charge in [0.05, 0.1) is 6.21 Å². The summed E-state index contributed by atoms with van der Waals surface area (Å²) in [4.78, 5) is 12.3. The van der Waals surface area contributed by atoms with Gasteiger partial charge >= 0.3 is 0 Å². The van der Waals surface area contributed by atoms with Crippen LogP contribution in [-0.2, 0) is 6.61 Å². The third-order valence-corrected chi connectivity index (χ3v) is 4.56. The maximum absolute atomic E-state index is 12.3. The van der Waals surface area contributed by atoms with E-state index in [1.165, 1.54) is 0 Å². The molecule has 0 aliphatic rings. The molecule has 0 unspecified atom stereocenters. The quantitative estimate of drug-likeness (QED) is 0.263. The lowest BCUT2D eigenvalue weighted by molar-refractivity contribution is 0.0955. The van der Waals surface area contributed by atoms with Crippen LogP contribution in [0.15, 0.2) is 95.0 Å². The summed E-state index contributed by atoms with van der Waals surface area (Å²) in [5, 5.41) is 4.04. The van der Waals surface area contributed by atoms with Gasteiger partial charge in [0.25, 0.3) is 5.91 Å². The molecular formula is C24H21BrN2O3. The van der Waals surface area contributed by atoms with Crippen molar-refractivity contribution in [3.8, 4) is 11.5 Å². The van der Waals surface area contributed by atoms with Crippen molar-refractivity contribution in [3.63, 3.8) is 0 Å². The van der Waals surface area contributed by atoms with E-state index in [4.69, 9.17) is 9.47 Å². The molecule has 152 valence electrons. The van der Waals surface area contributed by atoms with E-state index in [1.807, 2.05) is 48.5 Å². The van der Waals surface area contributed by atoms with Crippen LogP contribution in [0.5, 0.6) is 11.5 Å². The van der Waals surface area contributed by atoms with Gasteiger partial charge in [-0.05, 0) is 48.0 Å². The van der Waals surface area contributed by atoms with Crippen LogP contribution in [0, 0.1) is 0 Å². The molecule has 30 heavy (non-hydrogen) atoms. The Morgan fingerprint density at radius 1 is 1.03 bits per heavy atom. The summed E-state index contributed by atoms with van der Waals surface area (Å²) >= 11 is 3.42. The number of nitrogens with zero attached hydrogens (tertiary/aromatic N) is 1. The molecule has 0 radical (unpaired) electrons. The number of hydrogen-bond donors (Lipinski definition) is 1. The van der Waals surface area contributed by atoms with E-state index in [0.29, 0.717) is 30.3 Å². The van der Waals surface area contributed by atoms with Gasteiger partial charge in [-0.3, -0.25) is 4.79 Å². The smallest absolute Gasteiger partial charge is 0.271 e. The van der Waals surface area contributed by atoms with Crippen LogP contribution in [-0.4, -0.2) is 18.7 Å². The number of rotatable bonds is 9. The van der Waals surface area contributed by atoms with Gasteiger partial charge < -0.3 is 9.47 Å². The van der Waals surface area contributed by atoms with Crippen molar-refractivity contribution >= 4 is 28.1 Å². The van der Waals surface area contributed by atoms with Crippen molar-refractivity contribution < 1.29 is 14.3 Å². The highest BCUT2D eigenvalue weighted by atomic mass is 79.9. The lowest BCUT2D eigenvalue weighted by Gasteiger charge is -2.08. The van der Waals surface area contributed by atoms with Crippen molar-refractivity contribution in [1.82, 2.24) is 5.43 Å². The van der Waals surface area contributed by atoms with Gasteiger partial charge in [0.1, 0.15) is 24.7 Å². The van der Waals surface area contributed by atoms with Crippen LogP contribution >= 0.6 is 15.9 Å². The first-order valence-electron chi connectivity index (χ1n) is 9.29. The average Bonchev–Trinajstić information content (AvgIpc) is 2.78. The number of carbonyl (C=O) groups is 1. The van der Waals surface area contributed by atoms with Crippen LogP contribution < -0.4 is 14.9 Å². The molecule has 3 aromatic rings. The Bertz CT molecular complexity index is 1020. The van der Waals surface area contributed by atoms with Crippen LogP contribution in [0.1, 0.15) is 21.5 Å². The second-order valence-corrected chi connectivity index (χ2v) is 7.20. The number of amides is 1. The maximum atomic E-state index is 12.3. The van der Waals surface area contributed by atoms with Gasteiger partial charge in [-0.2, -0.15) is 5.10 Å². The molecule has 3 aromatic carbocycles. The molecule has 0 fully saturated rings. The standard InChI is InChI=1S/C24H21BrN2O3/c1-2-14-29-23-13-10-21(25)15-20(23)16-26-27-24(28)19-8-11-22(12-9-19)30-17-18-6-4-3-5-7-18/h2-13,15-16H,1,14,17H2,(H,27,28)/b26-16+. The molecule has 0 heterocycles. The third kappa shape index (κ3) is 6.32. The van der Waals surface area contributed by atoms with E-state index in [1.54, 1.807) is 36.6 Å². The van der Waals surface area contributed by atoms with Gasteiger partial charge in [0, 0.05) is 15.6 Å². The molecular weight excluding hydrogens is 444 g/mol. The molecule has 1 amide bonds. The summed E-state index contributed by atoms with van der Waals surface area (Å²) in [6, 6.07) is 22.4. The maximum Gasteiger partial charge on any atom is 0.271 e. The predicted molar refractivity (Wildman–Crippen MR) is 122 cm³/mol. The van der Waals surface area contributed by atoms with Gasteiger partial charge in [-0.15, -0.1) is 0 Å². The zero-order valence-electron chi connectivity index (χ0n) is 16.3. The van der Waals surface area contributed by atoms with E-state index in [9.17, 15) is 4.79 Å². The number of nitrogens with one attached hydrogen (secondary N) is 1. The summed E-state index contributed by atoms with van der Waals surface area (Å²) in [7, 11) is 0. The van der Waals surface area contributed by atoms with Crippen LogP contribution in [0.4, 0.5) is 0 Å². The largest absolute Gasteiger partial charge is 0.489 e. The average molecular weight is 465 g/mol. The van der Waals surface area contributed by atoms with E-state index in [2.05, 4.69) is 33.0 Å². The SMILES string of the molecule is C=CCOc1ccc(Br)cc1/C=N/NC(=O)c1ccc(OCc2ccccc2)cc1. The molecule has 5 nitrogen and oxygen atoms in total. The highest BCUT2D eigenvalue weighted by molar-refractivity contribution is 9.10. The Kier molecular flexibility index (Phi) is 7.80. The fourth-order valence-electron chi connectivity index (χ4n) is 2.57. The monoisotopic (exact) mass is 464 g/mol.